The second kappa shape index (κ2) is 7.78. The van der Waals surface area contributed by atoms with Crippen LogP contribution in [-0.4, -0.2) is 39.3 Å². The van der Waals surface area contributed by atoms with Gasteiger partial charge in [-0.25, -0.2) is 0 Å². The highest BCUT2D eigenvalue weighted by Gasteiger charge is 1.97. The molecule has 2 rings (SSSR count). The zero-order valence-corrected chi connectivity index (χ0v) is 11.8. The topological polar surface area (TPSA) is 81.9 Å². The third-order valence-corrected chi connectivity index (χ3v) is 2.62. The van der Waals surface area contributed by atoms with Crippen molar-refractivity contribution in [3.05, 3.63) is 42.2 Å². The highest BCUT2D eigenvalue weighted by Crippen LogP contribution is 2.12. The van der Waals surface area contributed by atoms with Crippen molar-refractivity contribution in [3.8, 4) is 5.75 Å². The molecule has 110 valence electrons. The van der Waals surface area contributed by atoms with Crippen molar-refractivity contribution in [2.75, 3.05) is 13.2 Å². The van der Waals surface area contributed by atoms with Gasteiger partial charge in [0.25, 0.3) is 0 Å². The van der Waals surface area contributed by atoms with Crippen molar-refractivity contribution in [2.45, 2.75) is 13.5 Å². The van der Waals surface area contributed by atoms with E-state index >= 15 is 0 Å². The van der Waals surface area contributed by atoms with Crippen LogP contribution in [0.3, 0.4) is 0 Å². The first-order valence-corrected chi connectivity index (χ1v) is 6.67. The Morgan fingerprint density at radius 2 is 2.19 bits per heavy atom. The van der Waals surface area contributed by atoms with Gasteiger partial charge in [0.15, 0.2) is 6.33 Å². The number of tetrazole rings is 1. The van der Waals surface area contributed by atoms with Crippen LogP contribution in [0.15, 0.2) is 36.7 Å². The molecule has 0 saturated heterocycles. The van der Waals surface area contributed by atoms with E-state index in [9.17, 15) is 4.79 Å². The molecule has 0 fully saturated rings. The lowest BCUT2D eigenvalue weighted by Crippen LogP contribution is -2.26. The zero-order chi connectivity index (χ0) is 14.9. The van der Waals surface area contributed by atoms with Gasteiger partial charge in [0.1, 0.15) is 5.75 Å². The van der Waals surface area contributed by atoms with Gasteiger partial charge in [-0.15, -0.1) is 10.2 Å². The molecule has 1 amide bonds. The monoisotopic (exact) mass is 287 g/mol. The number of rotatable bonds is 7. The lowest BCUT2D eigenvalue weighted by Gasteiger charge is -2.02. The fourth-order valence-electron chi connectivity index (χ4n) is 1.64. The third kappa shape index (κ3) is 5.06. The lowest BCUT2D eigenvalue weighted by molar-refractivity contribution is -0.116. The van der Waals surface area contributed by atoms with E-state index in [1.807, 2.05) is 31.2 Å². The molecule has 0 aliphatic rings. The Balaban J connectivity index is 1.75. The van der Waals surface area contributed by atoms with Gasteiger partial charge in [0, 0.05) is 12.6 Å². The predicted octanol–water partition coefficient (Wildman–Crippen LogP) is 0.901. The molecule has 7 heteroatoms. The van der Waals surface area contributed by atoms with Crippen LogP contribution < -0.4 is 10.1 Å². The summed E-state index contributed by atoms with van der Waals surface area (Å²) in [6, 6.07) is 7.54. The van der Waals surface area contributed by atoms with Crippen LogP contribution in [0.5, 0.6) is 5.75 Å². The van der Waals surface area contributed by atoms with Crippen molar-refractivity contribution >= 4 is 12.0 Å². The molecule has 0 unspecified atom stereocenters. The normalized spacial score (nSPS) is 10.7. The van der Waals surface area contributed by atoms with Crippen molar-refractivity contribution in [1.82, 2.24) is 25.5 Å². The van der Waals surface area contributed by atoms with E-state index in [1.54, 1.807) is 6.08 Å². The highest BCUT2D eigenvalue weighted by molar-refractivity contribution is 5.91. The molecule has 1 N–H and O–H groups in total. The number of ether oxygens (including phenoxy) is 1. The molecule has 21 heavy (non-hydrogen) atoms. The Hall–Kier alpha value is -2.70. The summed E-state index contributed by atoms with van der Waals surface area (Å²) in [6.45, 7) is 3.51. The second-order valence-corrected chi connectivity index (χ2v) is 4.16. The van der Waals surface area contributed by atoms with Crippen LogP contribution in [0.4, 0.5) is 0 Å². The van der Waals surface area contributed by atoms with Crippen molar-refractivity contribution < 1.29 is 9.53 Å². The maximum Gasteiger partial charge on any atom is 0.244 e. The number of aromatic nitrogens is 4. The molecule has 7 nitrogen and oxygen atoms in total. The summed E-state index contributed by atoms with van der Waals surface area (Å²) in [5.41, 5.74) is 0.937. The van der Waals surface area contributed by atoms with E-state index in [0.29, 0.717) is 19.7 Å². The van der Waals surface area contributed by atoms with Crippen LogP contribution in [0.25, 0.3) is 6.08 Å². The minimum Gasteiger partial charge on any atom is -0.494 e. The van der Waals surface area contributed by atoms with Gasteiger partial charge in [0.05, 0.1) is 13.2 Å². The third-order valence-electron chi connectivity index (χ3n) is 2.62. The molecular weight excluding hydrogens is 270 g/mol. The van der Waals surface area contributed by atoms with E-state index in [-0.39, 0.29) is 5.91 Å². The van der Waals surface area contributed by atoms with Gasteiger partial charge in [-0.1, -0.05) is 12.1 Å². The number of nitrogens with one attached hydrogen (secondary N) is 1. The maximum absolute atomic E-state index is 11.6. The zero-order valence-electron chi connectivity index (χ0n) is 11.8. The molecular formula is C14H17N5O2. The van der Waals surface area contributed by atoms with E-state index in [0.717, 1.165) is 11.3 Å². The summed E-state index contributed by atoms with van der Waals surface area (Å²) in [7, 11) is 0. The van der Waals surface area contributed by atoms with Crippen LogP contribution in [-0.2, 0) is 11.3 Å². The minimum absolute atomic E-state index is 0.163. The standard InChI is InChI=1S/C14H17N5O2/c1-2-21-13-6-3-12(4-7-13)5-8-14(20)15-9-10-19-17-11-16-18-19/h3-8,11H,2,9-10H2,1H3,(H,15,20)/b8-5+. The molecule has 0 spiro atoms. The number of hydrogen-bond acceptors (Lipinski definition) is 5. The van der Waals surface area contributed by atoms with Gasteiger partial charge in [-0.05, 0) is 35.9 Å². The Labute approximate surface area is 122 Å². The summed E-state index contributed by atoms with van der Waals surface area (Å²) in [5, 5.41) is 13.9. The highest BCUT2D eigenvalue weighted by atomic mass is 16.5. The molecule has 1 heterocycles. The average molecular weight is 287 g/mol. The molecule has 0 aliphatic carbocycles. The van der Waals surface area contributed by atoms with Gasteiger partial charge in [-0.3, -0.25) is 4.79 Å². The van der Waals surface area contributed by atoms with Crippen molar-refractivity contribution in [3.63, 3.8) is 0 Å². The first kappa shape index (κ1) is 14.7. The summed E-state index contributed by atoms with van der Waals surface area (Å²) < 4.78 is 5.35. The second-order valence-electron chi connectivity index (χ2n) is 4.16. The Morgan fingerprint density at radius 1 is 1.38 bits per heavy atom. The Kier molecular flexibility index (Phi) is 5.45. The largest absolute Gasteiger partial charge is 0.494 e. The van der Waals surface area contributed by atoms with E-state index < -0.39 is 0 Å². The van der Waals surface area contributed by atoms with Crippen molar-refractivity contribution in [1.29, 1.82) is 0 Å². The summed E-state index contributed by atoms with van der Waals surface area (Å²) in [5.74, 6) is 0.656. The molecule has 1 aromatic carbocycles. The molecule has 2 aromatic rings. The summed E-state index contributed by atoms with van der Waals surface area (Å²) >= 11 is 0. The predicted molar refractivity (Wildman–Crippen MR) is 77.5 cm³/mol. The Bertz CT molecular complexity index is 578. The molecule has 1 aromatic heterocycles. The number of carbonyl (C=O) groups excluding carboxylic acids is 1. The maximum atomic E-state index is 11.6. The van der Waals surface area contributed by atoms with Crippen LogP contribution in [0, 0.1) is 0 Å². The number of carbonyl (C=O) groups is 1. The fraction of sp³-hybridized carbons (Fsp3) is 0.286. The van der Waals surface area contributed by atoms with Gasteiger partial charge < -0.3 is 10.1 Å². The van der Waals surface area contributed by atoms with Crippen molar-refractivity contribution in [2.24, 2.45) is 0 Å². The van der Waals surface area contributed by atoms with Crippen LogP contribution >= 0.6 is 0 Å². The van der Waals surface area contributed by atoms with E-state index in [4.69, 9.17) is 4.74 Å². The van der Waals surface area contributed by atoms with Gasteiger partial charge in [0.2, 0.25) is 5.91 Å². The molecule has 0 bridgehead atoms. The molecule has 0 aliphatic heterocycles. The smallest absolute Gasteiger partial charge is 0.244 e. The SMILES string of the molecule is CCOc1ccc(/C=C/C(=O)NCCn2ncnn2)cc1. The van der Waals surface area contributed by atoms with E-state index in [2.05, 4.69) is 20.7 Å². The van der Waals surface area contributed by atoms with Crippen LogP contribution in [0.1, 0.15) is 12.5 Å². The Morgan fingerprint density at radius 3 is 2.86 bits per heavy atom. The van der Waals surface area contributed by atoms with Crippen LogP contribution in [0.2, 0.25) is 0 Å². The molecule has 0 saturated carbocycles. The quantitative estimate of drug-likeness (QED) is 0.765. The fourth-order valence-corrected chi connectivity index (χ4v) is 1.64. The first-order valence-electron chi connectivity index (χ1n) is 6.67. The van der Waals surface area contributed by atoms with Gasteiger partial charge in [-0.2, -0.15) is 4.80 Å². The summed E-state index contributed by atoms with van der Waals surface area (Å²) in [4.78, 5) is 13.0. The molecule has 0 radical (unpaired) electrons. The first-order chi connectivity index (χ1) is 10.3. The number of benzene rings is 1. The lowest BCUT2D eigenvalue weighted by atomic mass is 10.2. The average Bonchev–Trinajstić information content (AvgIpc) is 3.00. The summed E-state index contributed by atoms with van der Waals surface area (Å²) in [6.07, 6.45) is 4.59. The number of hydrogen-bond donors (Lipinski definition) is 1. The molecule has 0 atom stereocenters. The van der Waals surface area contributed by atoms with Gasteiger partial charge >= 0.3 is 0 Å². The number of amides is 1. The van der Waals surface area contributed by atoms with E-state index in [1.165, 1.54) is 17.2 Å². The minimum atomic E-state index is -0.163. The number of nitrogens with zero attached hydrogens (tertiary/aromatic N) is 4.